The van der Waals surface area contributed by atoms with Crippen LogP contribution in [0.1, 0.15) is 47.7 Å². The van der Waals surface area contributed by atoms with Crippen molar-refractivity contribution in [1.82, 2.24) is 9.88 Å². The third-order valence-electron chi connectivity index (χ3n) is 4.38. The molecule has 0 N–H and O–H groups in total. The van der Waals surface area contributed by atoms with Gasteiger partial charge in [-0.1, -0.05) is 0 Å². The molecule has 0 atom stereocenters. The van der Waals surface area contributed by atoms with Crippen LogP contribution in [-0.2, 0) is 9.53 Å². The van der Waals surface area contributed by atoms with Crippen molar-refractivity contribution in [1.29, 1.82) is 0 Å². The van der Waals surface area contributed by atoms with E-state index >= 15 is 0 Å². The monoisotopic (exact) mass is 288 g/mol. The van der Waals surface area contributed by atoms with Crippen molar-refractivity contribution in [2.75, 3.05) is 20.2 Å². The van der Waals surface area contributed by atoms with Gasteiger partial charge >= 0.3 is 5.97 Å². The number of ether oxygens (including phenoxy) is 1. The van der Waals surface area contributed by atoms with Crippen LogP contribution in [0.4, 0.5) is 0 Å². The fourth-order valence-electron chi connectivity index (χ4n) is 2.94. The predicted molar refractivity (Wildman–Crippen MR) is 76.9 cm³/mol. The summed E-state index contributed by atoms with van der Waals surface area (Å²) >= 11 is 0. The Morgan fingerprint density at radius 2 is 1.95 bits per heavy atom. The minimum Gasteiger partial charge on any atom is -0.464 e. The lowest BCUT2D eigenvalue weighted by Crippen LogP contribution is -2.38. The van der Waals surface area contributed by atoms with Crippen molar-refractivity contribution in [2.45, 2.75) is 31.6 Å². The number of amides is 1. The average Bonchev–Trinajstić information content (AvgIpc) is 3.38. The van der Waals surface area contributed by atoms with Gasteiger partial charge in [0, 0.05) is 25.2 Å². The summed E-state index contributed by atoms with van der Waals surface area (Å²) < 4.78 is 4.71. The van der Waals surface area contributed by atoms with Crippen LogP contribution in [0.25, 0.3) is 0 Å². The molecule has 112 valence electrons. The highest BCUT2D eigenvalue weighted by Crippen LogP contribution is 2.34. The second kappa shape index (κ2) is 5.84. The Balaban J connectivity index is 1.63. The second-order valence-corrected chi connectivity index (χ2v) is 5.84. The van der Waals surface area contributed by atoms with Gasteiger partial charge in [0.05, 0.1) is 7.11 Å². The number of carbonyl (C=O) groups is 2. The highest BCUT2D eigenvalue weighted by atomic mass is 16.5. The maximum Gasteiger partial charge on any atom is 0.356 e. The lowest BCUT2D eigenvalue weighted by atomic mass is 9.89. The molecule has 0 bridgehead atoms. The lowest BCUT2D eigenvalue weighted by molar-refractivity contribution is -0.133. The number of carbonyl (C=O) groups excluding carboxylic acids is 2. The number of pyridine rings is 1. The molecule has 0 radical (unpaired) electrons. The SMILES string of the molecule is COC(=O)c1cc(C2CCN(C(=O)C3CC3)CC2)ccn1. The van der Waals surface area contributed by atoms with Crippen LogP contribution in [0.5, 0.6) is 0 Å². The molecule has 2 fully saturated rings. The van der Waals surface area contributed by atoms with Crippen LogP contribution >= 0.6 is 0 Å². The van der Waals surface area contributed by atoms with Gasteiger partial charge < -0.3 is 9.64 Å². The molecule has 1 aliphatic heterocycles. The van der Waals surface area contributed by atoms with Crippen LogP contribution in [-0.4, -0.2) is 42.0 Å². The van der Waals surface area contributed by atoms with Gasteiger partial charge in [0.2, 0.25) is 5.91 Å². The zero-order valence-electron chi connectivity index (χ0n) is 12.2. The number of hydrogen-bond acceptors (Lipinski definition) is 4. The summed E-state index contributed by atoms with van der Waals surface area (Å²) in [6.45, 7) is 1.63. The molecule has 1 saturated carbocycles. The molecular formula is C16H20N2O3. The third-order valence-corrected chi connectivity index (χ3v) is 4.38. The van der Waals surface area contributed by atoms with E-state index in [-0.39, 0.29) is 0 Å². The van der Waals surface area contributed by atoms with Crippen LogP contribution in [0.2, 0.25) is 0 Å². The smallest absolute Gasteiger partial charge is 0.356 e. The van der Waals surface area contributed by atoms with Gasteiger partial charge in [0.1, 0.15) is 5.69 Å². The van der Waals surface area contributed by atoms with Crippen LogP contribution in [0.3, 0.4) is 0 Å². The summed E-state index contributed by atoms with van der Waals surface area (Å²) in [6.07, 6.45) is 5.67. The standard InChI is InChI=1S/C16H20N2O3/c1-21-16(20)14-10-13(4-7-17-14)11-5-8-18(9-6-11)15(19)12-2-3-12/h4,7,10-12H,2-3,5-6,8-9H2,1H3. The molecule has 1 amide bonds. The Morgan fingerprint density at radius 1 is 1.24 bits per heavy atom. The first kappa shape index (κ1) is 14.0. The summed E-state index contributed by atoms with van der Waals surface area (Å²) in [5, 5.41) is 0. The molecule has 0 spiro atoms. The number of piperidine rings is 1. The summed E-state index contributed by atoms with van der Waals surface area (Å²) in [5.74, 6) is 0.615. The van der Waals surface area contributed by atoms with Crippen molar-refractivity contribution >= 4 is 11.9 Å². The molecule has 1 saturated heterocycles. The fraction of sp³-hybridized carbons (Fsp3) is 0.562. The first-order valence-corrected chi connectivity index (χ1v) is 7.52. The molecule has 5 nitrogen and oxygen atoms in total. The summed E-state index contributed by atoms with van der Waals surface area (Å²) in [7, 11) is 1.36. The Morgan fingerprint density at radius 3 is 2.57 bits per heavy atom. The lowest BCUT2D eigenvalue weighted by Gasteiger charge is -2.32. The predicted octanol–water partition coefficient (Wildman–Crippen LogP) is 1.98. The molecule has 3 rings (SSSR count). The molecule has 2 heterocycles. The van der Waals surface area contributed by atoms with Gasteiger partial charge in [-0.05, 0) is 49.3 Å². The van der Waals surface area contributed by atoms with Gasteiger partial charge in [-0.2, -0.15) is 0 Å². The van der Waals surface area contributed by atoms with E-state index < -0.39 is 5.97 Å². The Hall–Kier alpha value is -1.91. The van der Waals surface area contributed by atoms with Crippen molar-refractivity contribution < 1.29 is 14.3 Å². The van der Waals surface area contributed by atoms with E-state index in [1.807, 2.05) is 17.0 Å². The molecule has 1 aromatic heterocycles. The second-order valence-electron chi connectivity index (χ2n) is 5.84. The molecule has 2 aliphatic rings. The van der Waals surface area contributed by atoms with E-state index in [2.05, 4.69) is 4.98 Å². The van der Waals surface area contributed by atoms with Gasteiger partial charge in [0.25, 0.3) is 0 Å². The zero-order chi connectivity index (χ0) is 14.8. The Bertz CT molecular complexity index is 546. The largest absolute Gasteiger partial charge is 0.464 e. The average molecular weight is 288 g/mol. The first-order chi connectivity index (χ1) is 10.2. The van der Waals surface area contributed by atoms with Crippen molar-refractivity contribution in [2.24, 2.45) is 5.92 Å². The summed E-state index contributed by atoms with van der Waals surface area (Å²) in [4.78, 5) is 29.6. The maximum atomic E-state index is 12.0. The number of esters is 1. The molecular weight excluding hydrogens is 268 g/mol. The van der Waals surface area contributed by atoms with Gasteiger partial charge in [-0.3, -0.25) is 4.79 Å². The van der Waals surface area contributed by atoms with E-state index in [1.165, 1.54) is 7.11 Å². The van der Waals surface area contributed by atoms with Crippen LogP contribution < -0.4 is 0 Å². The minimum atomic E-state index is -0.404. The Labute approximate surface area is 124 Å². The van der Waals surface area contributed by atoms with Crippen LogP contribution in [0, 0.1) is 5.92 Å². The van der Waals surface area contributed by atoms with E-state index in [0.29, 0.717) is 23.4 Å². The molecule has 0 unspecified atom stereocenters. The van der Waals surface area contributed by atoms with Gasteiger partial charge in [-0.15, -0.1) is 0 Å². The van der Waals surface area contributed by atoms with Crippen molar-refractivity contribution in [3.63, 3.8) is 0 Å². The van der Waals surface area contributed by atoms with E-state index in [0.717, 1.165) is 44.3 Å². The topological polar surface area (TPSA) is 59.5 Å². The van der Waals surface area contributed by atoms with E-state index in [9.17, 15) is 9.59 Å². The van der Waals surface area contributed by atoms with Crippen molar-refractivity contribution in [3.8, 4) is 0 Å². The van der Waals surface area contributed by atoms with E-state index in [1.54, 1.807) is 6.20 Å². The van der Waals surface area contributed by atoms with Crippen molar-refractivity contribution in [3.05, 3.63) is 29.6 Å². The molecule has 5 heteroatoms. The Kier molecular flexibility index (Phi) is 3.90. The third kappa shape index (κ3) is 3.06. The highest BCUT2D eigenvalue weighted by Gasteiger charge is 2.35. The maximum absolute atomic E-state index is 12.0. The summed E-state index contributed by atoms with van der Waals surface area (Å²) in [6, 6.07) is 3.77. The number of likely N-dealkylation sites (tertiary alicyclic amines) is 1. The number of methoxy groups -OCH3 is 1. The first-order valence-electron chi connectivity index (χ1n) is 7.52. The zero-order valence-corrected chi connectivity index (χ0v) is 12.2. The van der Waals surface area contributed by atoms with Gasteiger partial charge in [0.15, 0.2) is 0 Å². The number of rotatable bonds is 3. The van der Waals surface area contributed by atoms with E-state index in [4.69, 9.17) is 4.74 Å². The normalized spacial score (nSPS) is 19.4. The molecule has 0 aromatic carbocycles. The molecule has 21 heavy (non-hydrogen) atoms. The summed E-state index contributed by atoms with van der Waals surface area (Å²) in [5.41, 5.74) is 1.47. The highest BCUT2D eigenvalue weighted by molar-refractivity contribution is 5.87. The van der Waals surface area contributed by atoms with Gasteiger partial charge in [-0.25, -0.2) is 9.78 Å². The minimum absolute atomic E-state index is 0.299. The number of nitrogens with zero attached hydrogens (tertiary/aromatic N) is 2. The number of hydrogen-bond donors (Lipinski definition) is 0. The fourth-order valence-corrected chi connectivity index (χ4v) is 2.94. The van der Waals surface area contributed by atoms with Crippen LogP contribution in [0.15, 0.2) is 18.3 Å². The quantitative estimate of drug-likeness (QED) is 0.798. The molecule has 1 aromatic rings. The molecule has 1 aliphatic carbocycles. The number of aromatic nitrogens is 1.